The van der Waals surface area contributed by atoms with Gasteiger partial charge in [-0.3, -0.25) is 0 Å². The summed E-state index contributed by atoms with van der Waals surface area (Å²) in [4.78, 5) is 8.00. The third-order valence-electron chi connectivity index (χ3n) is 2.37. The highest BCUT2D eigenvalue weighted by molar-refractivity contribution is 5.58. The second-order valence-corrected chi connectivity index (χ2v) is 3.74. The summed E-state index contributed by atoms with van der Waals surface area (Å²) in [5.74, 6) is 1.98. The minimum atomic E-state index is 0.160. The number of hydrogen-bond donors (Lipinski definition) is 2. The number of anilines is 3. The van der Waals surface area contributed by atoms with Crippen LogP contribution in [0.1, 0.15) is 6.92 Å². The predicted molar refractivity (Wildman–Crippen MR) is 73.9 cm³/mol. The first-order valence-corrected chi connectivity index (χ1v) is 5.89. The number of hydrogen-bond acceptors (Lipinski definition) is 6. The summed E-state index contributed by atoms with van der Waals surface area (Å²) in [7, 11) is 1.53. The van der Waals surface area contributed by atoms with Gasteiger partial charge in [-0.15, -0.1) is 0 Å². The van der Waals surface area contributed by atoms with E-state index in [1.54, 1.807) is 6.07 Å². The number of nitrogens with one attached hydrogen (secondary N) is 1. The molecule has 0 bridgehead atoms. The lowest BCUT2D eigenvalue weighted by Crippen LogP contribution is -2.01. The highest BCUT2D eigenvalue weighted by Crippen LogP contribution is 2.21. The van der Waals surface area contributed by atoms with Crippen LogP contribution in [-0.4, -0.2) is 23.7 Å². The Kier molecular flexibility index (Phi) is 4.02. The number of nitrogens with two attached hydrogens (primary N) is 1. The second kappa shape index (κ2) is 5.90. The number of ether oxygens (including phenoxy) is 2. The Balaban J connectivity index is 2.14. The van der Waals surface area contributed by atoms with Crippen LogP contribution in [0.5, 0.6) is 11.6 Å². The van der Waals surface area contributed by atoms with Gasteiger partial charge >= 0.3 is 0 Å². The molecule has 0 aliphatic rings. The summed E-state index contributed by atoms with van der Waals surface area (Å²) < 4.78 is 10.4. The molecule has 0 radical (unpaired) electrons. The highest BCUT2D eigenvalue weighted by Gasteiger charge is 2.03. The monoisotopic (exact) mass is 260 g/mol. The SMILES string of the molecule is CCOc1ccc(Nc2cc(OC)nc(N)n2)cc1. The topological polar surface area (TPSA) is 82.3 Å². The zero-order valence-corrected chi connectivity index (χ0v) is 10.9. The van der Waals surface area contributed by atoms with Gasteiger partial charge in [-0.1, -0.05) is 0 Å². The molecule has 0 aliphatic carbocycles. The zero-order valence-electron chi connectivity index (χ0n) is 10.9. The molecule has 0 saturated heterocycles. The van der Waals surface area contributed by atoms with E-state index in [9.17, 15) is 0 Å². The Morgan fingerprint density at radius 3 is 2.58 bits per heavy atom. The van der Waals surface area contributed by atoms with E-state index in [0.29, 0.717) is 18.3 Å². The Labute approximate surface area is 111 Å². The summed E-state index contributed by atoms with van der Waals surface area (Å²) in [5.41, 5.74) is 6.47. The van der Waals surface area contributed by atoms with Crippen LogP contribution in [0.15, 0.2) is 30.3 Å². The fourth-order valence-corrected chi connectivity index (χ4v) is 1.56. The van der Waals surface area contributed by atoms with Crippen molar-refractivity contribution in [1.82, 2.24) is 9.97 Å². The number of nitrogens with zero attached hydrogens (tertiary/aromatic N) is 2. The van der Waals surface area contributed by atoms with E-state index >= 15 is 0 Å². The number of rotatable bonds is 5. The predicted octanol–water partition coefficient (Wildman–Crippen LogP) is 2.21. The van der Waals surface area contributed by atoms with Crippen LogP contribution in [0.3, 0.4) is 0 Å². The Hall–Kier alpha value is -2.50. The number of methoxy groups -OCH3 is 1. The van der Waals surface area contributed by atoms with Gasteiger partial charge < -0.3 is 20.5 Å². The molecule has 100 valence electrons. The summed E-state index contributed by atoms with van der Waals surface area (Å²) in [5, 5.41) is 3.12. The first-order chi connectivity index (χ1) is 9.21. The van der Waals surface area contributed by atoms with Crippen LogP contribution < -0.4 is 20.5 Å². The molecule has 6 nitrogen and oxygen atoms in total. The molecule has 6 heteroatoms. The first kappa shape index (κ1) is 12.9. The molecule has 0 amide bonds. The van der Waals surface area contributed by atoms with Crippen LogP contribution in [-0.2, 0) is 0 Å². The van der Waals surface area contributed by atoms with E-state index < -0.39 is 0 Å². The molecule has 0 unspecified atom stereocenters. The second-order valence-electron chi connectivity index (χ2n) is 3.74. The molecular formula is C13H16N4O2. The lowest BCUT2D eigenvalue weighted by atomic mass is 10.3. The molecule has 0 saturated carbocycles. The van der Waals surface area contributed by atoms with Crippen molar-refractivity contribution < 1.29 is 9.47 Å². The number of aromatic nitrogens is 2. The molecule has 0 spiro atoms. The largest absolute Gasteiger partial charge is 0.494 e. The van der Waals surface area contributed by atoms with Crippen LogP contribution in [0.25, 0.3) is 0 Å². The van der Waals surface area contributed by atoms with Crippen molar-refractivity contribution in [3.63, 3.8) is 0 Å². The standard InChI is InChI=1S/C13H16N4O2/c1-3-19-10-6-4-9(5-7-10)15-11-8-12(18-2)17-13(14)16-11/h4-8H,3H2,1-2H3,(H3,14,15,16,17). The summed E-state index contributed by atoms with van der Waals surface area (Å²) >= 11 is 0. The van der Waals surface area contributed by atoms with Crippen LogP contribution >= 0.6 is 0 Å². The van der Waals surface area contributed by atoms with E-state index in [1.165, 1.54) is 7.11 Å². The van der Waals surface area contributed by atoms with Gasteiger partial charge in [0, 0.05) is 11.8 Å². The molecular weight excluding hydrogens is 244 g/mol. The summed E-state index contributed by atoms with van der Waals surface area (Å²) in [6.07, 6.45) is 0. The van der Waals surface area contributed by atoms with Gasteiger partial charge in [0.2, 0.25) is 11.8 Å². The van der Waals surface area contributed by atoms with Crippen LogP contribution in [0.4, 0.5) is 17.5 Å². The van der Waals surface area contributed by atoms with E-state index in [4.69, 9.17) is 15.2 Å². The van der Waals surface area contributed by atoms with E-state index in [2.05, 4.69) is 15.3 Å². The fourth-order valence-electron chi connectivity index (χ4n) is 1.56. The maximum atomic E-state index is 5.59. The van der Waals surface area contributed by atoms with Crippen molar-refractivity contribution in [2.45, 2.75) is 6.92 Å². The number of nitrogen functional groups attached to an aromatic ring is 1. The maximum absolute atomic E-state index is 5.59. The van der Waals surface area contributed by atoms with E-state index in [-0.39, 0.29) is 5.95 Å². The van der Waals surface area contributed by atoms with Crippen molar-refractivity contribution >= 4 is 17.5 Å². The molecule has 3 N–H and O–H groups in total. The maximum Gasteiger partial charge on any atom is 0.225 e. The van der Waals surface area contributed by atoms with E-state index in [1.807, 2.05) is 31.2 Å². The third-order valence-corrected chi connectivity index (χ3v) is 2.37. The van der Waals surface area contributed by atoms with Gasteiger partial charge in [-0.2, -0.15) is 9.97 Å². The normalized spacial score (nSPS) is 10.0. The van der Waals surface area contributed by atoms with Crippen LogP contribution in [0.2, 0.25) is 0 Å². The molecule has 1 heterocycles. The van der Waals surface area contributed by atoms with Crippen molar-refractivity contribution in [2.75, 3.05) is 24.8 Å². The Morgan fingerprint density at radius 1 is 1.21 bits per heavy atom. The Morgan fingerprint density at radius 2 is 1.95 bits per heavy atom. The molecule has 2 aromatic rings. The van der Waals surface area contributed by atoms with Gasteiger partial charge in [0.05, 0.1) is 13.7 Å². The lowest BCUT2D eigenvalue weighted by molar-refractivity contribution is 0.340. The summed E-state index contributed by atoms with van der Waals surface area (Å²) in [6.45, 7) is 2.59. The van der Waals surface area contributed by atoms with Gasteiger partial charge in [0.15, 0.2) is 0 Å². The average molecular weight is 260 g/mol. The minimum absolute atomic E-state index is 0.160. The molecule has 0 fully saturated rings. The molecule has 1 aromatic heterocycles. The van der Waals surface area contributed by atoms with Gasteiger partial charge in [0.25, 0.3) is 0 Å². The van der Waals surface area contributed by atoms with Crippen LogP contribution in [0, 0.1) is 0 Å². The summed E-state index contributed by atoms with van der Waals surface area (Å²) in [6, 6.07) is 9.24. The molecule has 2 rings (SSSR count). The van der Waals surface area contributed by atoms with Gasteiger partial charge in [-0.05, 0) is 31.2 Å². The quantitative estimate of drug-likeness (QED) is 0.857. The van der Waals surface area contributed by atoms with Gasteiger partial charge in [0.1, 0.15) is 11.6 Å². The van der Waals surface area contributed by atoms with Gasteiger partial charge in [-0.25, -0.2) is 0 Å². The molecule has 1 aromatic carbocycles. The first-order valence-electron chi connectivity index (χ1n) is 5.89. The minimum Gasteiger partial charge on any atom is -0.494 e. The van der Waals surface area contributed by atoms with Crippen molar-refractivity contribution in [3.05, 3.63) is 30.3 Å². The van der Waals surface area contributed by atoms with Crippen molar-refractivity contribution in [3.8, 4) is 11.6 Å². The van der Waals surface area contributed by atoms with E-state index in [0.717, 1.165) is 11.4 Å². The fraction of sp³-hybridized carbons (Fsp3) is 0.231. The van der Waals surface area contributed by atoms with Crippen molar-refractivity contribution in [2.24, 2.45) is 0 Å². The average Bonchev–Trinajstić information content (AvgIpc) is 2.40. The number of benzene rings is 1. The molecule has 0 atom stereocenters. The van der Waals surface area contributed by atoms with Crippen molar-refractivity contribution in [1.29, 1.82) is 0 Å². The molecule has 0 aliphatic heterocycles. The molecule has 19 heavy (non-hydrogen) atoms. The lowest BCUT2D eigenvalue weighted by Gasteiger charge is -2.08. The third kappa shape index (κ3) is 3.48. The Bertz CT molecular complexity index is 543. The smallest absolute Gasteiger partial charge is 0.225 e. The zero-order chi connectivity index (χ0) is 13.7. The highest BCUT2D eigenvalue weighted by atomic mass is 16.5.